The number of carbonyl (C=O) groups is 1. The molecule has 2 N–H and O–H groups in total. The largest absolute Gasteiger partial charge is 0.385 e. The van der Waals surface area contributed by atoms with E-state index in [1.54, 1.807) is 7.11 Å². The third-order valence-corrected chi connectivity index (χ3v) is 3.08. The zero-order valence-corrected chi connectivity index (χ0v) is 10.6. The van der Waals surface area contributed by atoms with Crippen molar-refractivity contribution in [3.63, 3.8) is 0 Å². The lowest BCUT2D eigenvalue weighted by atomic mass is 9.81. The number of methoxy groups -OCH3 is 1. The SMILES string of the molecule is COCCCNC(=O)C(C)NC1CC(C)C1. The fourth-order valence-corrected chi connectivity index (χ4v) is 2.05. The average Bonchev–Trinajstić information content (AvgIpc) is 2.21. The Balaban J connectivity index is 2.06. The van der Waals surface area contributed by atoms with Crippen LogP contribution in [0.3, 0.4) is 0 Å². The van der Waals surface area contributed by atoms with Crippen LogP contribution in [0.1, 0.15) is 33.1 Å². The van der Waals surface area contributed by atoms with E-state index < -0.39 is 0 Å². The van der Waals surface area contributed by atoms with Crippen LogP contribution in [0.4, 0.5) is 0 Å². The summed E-state index contributed by atoms with van der Waals surface area (Å²) in [5.74, 6) is 0.908. The third kappa shape index (κ3) is 4.49. The Morgan fingerprint density at radius 1 is 1.50 bits per heavy atom. The summed E-state index contributed by atoms with van der Waals surface area (Å²) in [5.41, 5.74) is 0. The predicted molar refractivity (Wildman–Crippen MR) is 64.3 cm³/mol. The Morgan fingerprint density at radius 2 is 2.19 bits per heavy atom. The van der Waals surface area contributed by atoms with Gasteiger partial charge in [0.2, 0.25) is 5.91 Å². The third-order valence-electron chi connectivity index (χ3n) is 3.08. The first-order chi connectivity index (χ1) is 7.63. The van der Waals surface area contributed by atoms with Crippen molar-refractivity contribution in [3.8, 4) is 0 Å². The van der Waals surface area contributed by atoms with Crippen molar-refractivity contribution >= 4 is 5.91 Å². The van der Waals surface area contributed by atoms with E-state index in [-0.39, 0.29) is 11.9 Å². The molecule has 0 aromatic heterocycles. The first-order valence-electron chi connectivity index (χ1n) is 6.16. The van der Waals surface area contributed by atoms with E-state index in [1.807, 2.05) is 6.92 Å². The molecule has 1 aliphatic carbocycles. The second kappa shape index (κ2) is 6.86. The summed E-state index contributed by atoms with van der Waals surface area (Å²) in [4.78, 5) is 11.6. The fourth-order valence-electron chi connectivity index (χ4n) is 2.05. The van der Waals surface area contributed by atoms with Crippen LogP contribution in [0.5, 0.6) is 0 Å². The lowest BCUT2D eigenvalue weighted by Crippen LogP contribution is -2.50. The molecule has 94 valence electrons. The zero-order chi connectivity index (χ0) is 12.0. The maximum absolute atomic E-state index is 11.6. The molecule has 1 saturated carbocycles. The number of amides is 1. The van der Waals surface area contributed by atoms with Crippen LogP contribution >= 0.6 is 0 Å². The summed E-state index contributed by atoms with van der Waals surface area (Å²) in [6.07, 6.45) is 3.26. The highest BCUT2D eigenvalue weighted by Gasteiger charge is 2.27. The monoisotopic (exact) mass is 228 g/mol. The summed E-state index contributed by atoms with van der Waals surface area (Å²) in [7, 11) is 1.67. The van der Waals surface area contributed by atoms with Gasteiger partial charge in [-0.25, -0.2) is 0 Å². The van der Waals surface area contributed by atoms with E-state index in [0.29, 0.717) is 19.2 Å². The lowest BCUT2D eigenvalue weighted by Gasteiger charge is -2.35. The number of hydrogen-bond acceptors (Lipinski definition) is 3. The van der Waals surface area contributed by atoms with Gasteiger partial charge < -0.3 is 15.4 Å². The van der Waals surface area contributed by atoms with Crippen LogP contribution in [-0.4, -0.2) is 38.3 Å². The normalized spacial score (nSPS) is 25.9. The summed E-state index contributed by atoms with van der Waals surface area (Å²) in [6.45, 7) is 5.56. The minimum absolute atomic E-state index is 0.0833. The molecule has 1 rings (SSSR count). The van der Waals surface area contributed by atoms with Crippen LogP contribution in [0.2, 0.25) is 0 Å². The standard InChI is InChI=1S/C12H24N2O2/c1-9-7-11(8-9)14-10(2)12(15)13-5-4-6-16-3/h9-11,14H,4-8H2,1-3H3,(H,13,15). The highest BCUT2D eigenvalue weighted by atomic mass is 16.5. The molecule has 1 atom stereocenters. The molecule has 1 amide bonds. The van der Waals surface area contributed by atoms with Crippen molar-refractivity contribution in [2.75, 3.05) is 20.3 Å². The number of rotatable bonds is 7. The Hall–Kier alpha value is -0.610. The summed E-state index contributed by atoms with van der Waals surface area (Å²) < 4.78 is 4.92. The highest BCUT2D eigenvalue weighted by molar-refractivity contribution is 5.81. The second-order valence-corrected chi connectivity index (χ2v) is 4.80. The summed E-state index contributed by atoms with van der Waals surface area (Å²) >= 11 is 0. The van der Waals surface area contributed by atoms with Crippen LogP contribution in [0, 0.1) is 5.92 Å². The highest BCUT2D eigenvalue weighted by Crippen LogP contribution is 2.26. The Morgan fingerprint density at radius 3 is 2.75 bits per heavy atom. The Bertz CT molecular complexity index is 215. The molecule has 0 saturated heterocycles. The van der Waals surface area contributed by atoms with Gasteiger partial charge in [-0.3, -0.25) is 4.79 Å². The van der Waals surface area contributed by atoms with Gasteiger partial charge in [0, 0.05) is 26.3 Å². The first kappa shape index (κ1) is 13.5. The summed E-state index contributed by atoms with van der Waals surface area (Å²) in [5, 5.41) is 6.24. The lowest BCUT2D eigenvalue weighted by molar-refractivity contribution is -0.123. The molecule has 0 aromatic rings. The van der Waals surface area contributed by atoms with Crippen molar-refractivity contribution in [1.82, 2.24) is 10.6 Å². The van der Waals surface area contributed by atoms with Crippen molar-refractivity contribution in [3.05, 3.63) is 0 Å². The van der Waals surface area contributed by atoms with E-state index in [9.17, 15) is 4.79 Å². The minimum Gasteiger partial charge on any atom is -0.385 e. The first-order valence-corrected chi connectivity index (χ1v) is 6.16. The van der Waals surface area contributed by atoms with Crippen molar-refractivity contribution in [2.45, 2.75) is 45.2 Å². The molecular weight excluding hydrogens is 204 g/mol. The van der Waals surface area contributed by atoms with Crippen LogP contribution in [0.15, 0.2) is 0 Å². The molecule has 1 fully saturated rings. The van der Waals surface area contributed by atoms with Crippen molar-refractivity contribution < 1.29 is 9.53 Å². The van der Waals surface area contributed by atoms with Gasteiger partial charge >= 0.3 is 0 Å². The molecule has 0 aromatic carbocycles. The molecule has 0 heterocycles. The second-order valence-electron chi connectivity index (χ2n) is 4.80. The van der Waals surface area contributed by atoms with Crippen LogP contribution < -0.4 is 10.6 Å². The van der Waals surface area contributed by atoms with E-state index in [4.69, 9.17) is 4.74 Å². The molecule has 4 heteroatoms. The molecule has 0 spiro atoms. The number of nitrogens with one attached hydrogen (secondary N) is 2. The molecule has 1 aliphatic rings. The van der Waals surface area contributed by atoms with Gasteiger partial charge in [0.25, 0.3) is 0 Å². The maximum atomic E-state index is 11.6. The molecule has 1 unspecified atom stereocenters. The topological polar surface area (TPSA) is 50.4 Å². The van der Waals surface area contributed by atoms with Gasteiger partial charge in [-0.2, -0.15) is 0 Å². The quantitative estimate of drug-likeness (QED) is 0.637. The van der Waals surface area contributed by atoms with E-state index in [2.05, 4.69) is 17.6 Å². The number of carbonyl (C=O) groups excluding carboxylic acids is 1. The molecule has 16 heavy (non-hydrogen) atoms. The number of ether oxygens (including phenoxy) is 1. The van der Waals surface area contributed by atoms with Crippen molar-refractivity contribution in [1.29, 1.82) is 0 Å². The van der Waals surface area contributed by atoms with Gasteiger partial charge in [0.05, 0.1) is 6.04 Å². The van der Waals surface area contributed by atoms with Crippen LogP contribution in [0.25, 0.3) is 0 Å². The smallest absolute Gasteiger partial charge is 0.236 e. The predicted octanol–water partition coefficient (Wildman–Crippen LogP) is 0.916. The molecule has 0 bridgehead atoms. The average molecular weight is 228 g/mol. The maximum Gasteiger partial charge on any atom is 0.236 e. The van der Waals surface area contributed by atoms with Gasteiger partial charge in [0.15, 0.2) is 0 Å². The van der Waals surface area contributed by atoms with Gasteiger partial charge in [-0.1, -0.05) is 6.92 Å². The molecule has 4 nitrogen and oxygen atoms in total. The van der Waals surface area contributed by atoms with Gasteiger partial charge in [0.1, 0.15) is 0 Å². The van der Waals surface area contributed by atoms with E-state index >= 15 is 0 Å². The van der Waals surface area contributed by atoms with E-state index in [1.165, 1.54) is 12.8 Å². The minimum atomic E-state index is -0.0833. The fraction of sp³-hybridized carbons (Fsp3) is 0.917. The van der Waals surface area contributed by atoms with Gasteiger partial charge in [-0.05, 0) is 32.1 Å². The molecule has 0 radical (unpaired) electrons. The summed E-state index contributed by atoms with van der Waals surface area (Å²) in [6, 6.07) is 0.453. The Kier molecular flexibility index (Phi) is 5.77. The van der Waals surface area contributed by atoms with Gasteiger partial charge in [-0.15, -0.1) is 0 Å². The zero-order valence-electron chi connectivity index (χ0n) is 10.6. The Labute approximate surface area is 98.1 Å². The van der Waals surface area contributed by atoms with Crippen LogP contribution in [-0.2, 0) is 9.53 Å². The van der Waals surface area contributed by atoms with Crippen molar-refractivity contribution in [2.24, 2.45) is 5.92 Å². The number of hydrogen-bond donors (Lipinski definition) is 2. The molecular formula is C12H24N2O2. The molecule has 0 aliphatic heterocycles. The van der Waals surface area contributed by atoms with E-state index in [0.717, 1.165) is 12.3 Å².